The van der Waals surface area contributed by atoms with E-state index >= 15 is 0 Å². The minimum atomic E-state index is -4.66. The lowest BCUT2D eigenvalue weighted by Gasteiger charge is -2.20. The quantitative estimate of drug-likeness (QED) is 0.614. The van der Waals surface area contributed by atoms with E-state index in [0.29, 0.717) is 11.3 Å². The van der Waals surface area contributed by atoms with E-state index in [9.17, 15) is 21.6 Å². The Morgan fingerprint density at radius 1 is 0.931 bits per heavy atom. The molecule has 5 nitrogen and oxygen atoms in total. The Labute approximate surface area is 166 Å². The van der Waals surface area contributed by atoms with E-state index in [2.05, 4.69) is 9.97 Å². The topological polar surface area (TPSA) is 63.2 Å². The SMILES string of the molecule is Cc1ccc(N(C)c2nc(-c3ccc(S(C)(=O)=O)cc3)cc(C(F)(F)F)n2)cc1. The van der Waals surface area contributed by atoms with Gasteiger partial charge in [-0.3, -0.25) is 0 Å². The molecule has 3 aromatic rings. The van der Waals surface area contributed by atoms with Crippen LogP contribution < -0.4 is 4.90 Å². The summed E-state index contributed by atoms with van der Waals surface area (Å²) in [6, 6.07) is 13.6. The van der Waals surface area contributed by atoms with Crippen LogP contribution in [-0.2, 0) is 16.0 Å². The molecule has 0 spiro atoms. The summed E-state index contributed by atoms with van der Waals surface area (Å²) < 4.78 is 63.5. The molecule has 0 saturated heterocycles. The Morgan fingerprint density at radius 3 is 2.03 bits per heavy atom. The van der Waals surface area contributed by atoms with Crippen LogP contribution in [-0.4, -0.2) is 31.7 Å². The molecule has 1 heterocycles. The lowest BCUT2D eigenvalue weighted by atomic mass is 10.1. The fourth-order valence-corrected chi connectivity index (χ4v) is 3.26. The molecule has 3 rings (SSSR count). The molecule has 0 aliphatic carbocycles. The van der Waals surface area contributed by atoms with Gasteiger partial charge in [0.05, 0.1) is 10.6 Å². The number of rotatable bonds is 4. The fraction of sp³-hybridized carbons (Fsp3) is 0.200. The number of aromatic nitrogens is 2. The van der Waals surface area contributed by atoms with E-state index < -0.39 is 21.7 Å². The van der Waals surface area contributed by atoms with Gasteiger partial charge in [0, 0.05) is 24.6 Å². The monoisotopic (exact) mass is 421 g/mol. The average molecular weight is 421 g/mol. The molecule has 0 fully saturated rings. The van der Waals surface area contributed by atoms with Gasteiger partial charge in [0.25, 0.3) is 0 Å². The third kappa shape index (κ3) is 4.73. The molecule has 0 saturated carbocycles. The Bertz CT molecular complexity index is 1130. The number of alkyl halides is 3. The lowest BCUT2D eigenvalue weighted by molar-refractivity contribution is -0.141. The van der Waals surface area contributed by atoms with Gasteiger partial charge in [-0.2, -0.15) is 13.2 Å². The van der Waals surface area contributed by atoms with Crippen molar-refractivity contribution in [1.29, 1.82) is 0 Å². The third-order valence-electron chi connectivity index (χ3n) is 4.30. The van der Waals surface area contributed by atoms with Crippen LogP contribution in [0.3, 0.4) is 0 Å². The standard InChI is InChI=1S/C20H18F3N3O2S/c1-13-4-8-15(9-5-13)26(2)19-24-17(12-18(25-19)20(21,22)23)14-6-10-16(11-7-14)29(3,27)28/h4-12H,1-3H3. The first-order valence-electron chi connectivity index (χ1n) is 8.52. The van der Waals surface area contributed by atoms with E-state index in [-0.39, 0.29) is 16.5 Å². The molecular weight excluding hydrogens is 403 g/mol. The van der Waals surface area contributed by atoms with E-state index in [4.69, 9.17) is 0 Å². The van der Waals surface area contributed by atoms with E-state index in [1.165, 1.54) is 29.2 Å². The number of halogens is 3. The molecule has 29 heavy (non-hydrogen) atoms. The summed E-state index contributed by atoms with van der Waals surface area (Å²) in [5.41, 5.74) is 0.959. The number of benzene rings is 2. The fourth-order valence-electron chi connectivity index (χ4n) is 2.63. The molecule has 0 unspecified atom stereocenters. The summed E-state index contributed by atoms with van der Waals surface area (Å²) in [6.45, 7) is 1.91. The summed E-state index contributed by atoms with van der Waals surface area (Å²) in [5, 5.41) is 0. The van der Waals surface area contributed by atoms with Crippen LogP contribution in [0.25, 0.3) is 11.3 Å². The second kappa shape index (κ2) is 7.47. The predicted octanol–water partition coefficient (Wildman–Crippen LogP) is 4.64. The summed E-state index contributed by atoms with van der Waals surface area (Å²) in [6.07, 6.45) is -3.60. The summed E-state index contributed by atoms with van der Waals surface area (Å²) in [7, 11) is -1.84. The summed E-state index contributed by atoms with van der Waals surface area (Å²) in [4.78, 5) is 9.49. The van der Waals surface area contributed by atoms with Crippen LogP contribution >= 0.6 is 0 Å². The Morgan fingerprint density at radius 2 is 1.52 bits per heavy atom. The van der Waals surface area contributed by atoms with Crippen molar-refractivity contribution < 1.29 is 21.6 Å². The van der Waals surface area contributed by atoms with Crippen LogP contribution in [0, 0.1) is 6.92 Å². The van der Waals surface area contributed by atoms with E-state index in [1.54, 1.807) is 19.2 Å². The number of anilines is 2. The molecule has 0 radical (unpaired) electrons. The van der Waals surface area contributed by atoms with Crippen molar-refractivity contribution >= 4 is 21.5 Å². The summed E-state index contributed by atoms with van der Waals surface area (Å²) >= 11 is 0. The highest BCUT2D eigenvalue weighted by molar-refractivity contribution is 7.90. The maximum absolute atomic E-state index is 13.4. The maximum Gasteiger partial charge on any atom is 0.433 e. The molecule has 0 aliphatic rings. The molecule has 152 valence electrons. The van der Waals surface area contributed by atoms with Crippen molar-refractivity contribution in [3.05, 3.63) is 65.9 Å². The number of hydrogen-bond acceptors (Lipinski definition) is 5. The summed E-state index contributed by atoms with van der Waals surface area (Å²) in [5.74, 6) is -0.120. The van der Waals surface area contributed by atoms with Gasteiger partial charge in [-0.1, -0.05) is 29.8 Å². The number of nitrogens with zero attached hydrogens (tertiary/aromatic N) is 3. The third-order valence-corrected chi connectivity index (χ3v) is 5.43. The smallest absolute Gasteiger partial charge is 0.314 e. The van der Waals surface area contributed by atoms with Gasteiger partial charge in [-0.05, 0) is 37.3 Å². The van der Waals surface area contributed by atoms with Gasteiger partial charge in [0.15, 0.2) is 15.5 Å². The average Bonchev–Trinajstić information content (AvgIpc) is 2.66. The molecule has 0 N–H and O–H groups in total. The van der Waals surface area contributed by atoms with Crippen LogP contribution in [0.15, 0.2) is 59.5 Å². The zero-order valence-electron chi connectivity index (χ0n) is 15.9. The zero-order valence-corrected chi connectivity index (χ0v) is 16.7. The van der Waals surface area contributed by atoms with Crippen LogP contribution in [0.2, 0.25) is 0 Å². The normalized spacial score (nSPS) is 12.1. The van der Waals surface area contributed by atoms with Gasteiger partial charge in [0.2, 0.25) is 5.95 Å². The predicted molar refractivity (Wildman–Crippen MR) is 105 cm³/mol. The van der Waals surface area contributed by atoms with Crippen molar-refractivity contribution in [2.75, 3.05) is 18.2 Å². The van der Waals surface area contributed by atoms with Crippen molar-refractivity contribution in [2.45, 2.75) is 18.0 Å². The molecule has 0 atom stereocenters. The van der Waals surface area contributed by atoms with Crippen molar-refractivity contribution in [3.63, 3.8) is 0 Å². The highest BCUT2D eigenvalue weighted by Crippen LogP contribution is 2.33. The molecule has 1 aromatic heterocycles. The number of sulfone groups is 1. The van der Waals surface area contributed by atoms with Crippen molar-refractivity contribution in [2.24, 2.45) is 0 Å². The first-order valence-corrected chi connectivity index (χ1v) is 10.4. The number of hydrogen-bond donors (Lipinski definition) is 0. The van der Waals surface area contributed by atoms with E-state index in [0.717, 1.165) is 17.9 Å². The van der Waals surface area contributed by atoms with Crippen LogP contribution in [0.1, 0.15) is 11.3 Å². The second-order valence-corrected chi connectivity index (χ2v) is 8.64. The highest BCUT2D eigenvalue weighted by atomic mass is 32.2. The van der Waals surface area contributed by atoms with Gasteiger partial charge in [-0.15, -0.1) is 0 Å². The Balaban J connectivity index is 2.10. The molecule has 2 aromatic carbocycles. The van der Waals surface area contributed by atoms with E-state index in [1.807, 2.05) is 19.1 Å². The van der Waals surface area contributed by atoms with Crippen LogP contribution in [0.4, 0.5) is 24.8 Å². The highest BCUT2D eigenvalue weighted by Gasteiger charge is 2.34. The Hall–Kier alpha value is -2.94. The van der Waals surface area contributed by atoms with Gasteiger partial charge >= 0.3 is 6.18 Å². The number of aryl methyl sites for hydroxylation is 1. The minimum Gasteiger partial charge on any atom is -0.314 e. The molecule has 9 heteroatoms. The second-order valence-electron chi connectivity index (χ2n) is 6.63. The largest absolute Gasteiger partial charge is 0.433 e. The van der Waals surface area contributed by atoms with Gasteiger partial charge in [0.1, 0.15) is 0 Å². The first-order chi connectivity index (χ1) is 13.4. The van der Waals surface area contributed by atoms with Crippen LogP contribution in [0.5, 0.6) is 0 Å². The van der Waals surface area contributed by atoms with Gasteiger partial charge in [-0.25, -0.2) is 18.4 Å². The zero-order chi connectivity index (χ0) is 21.4. The van der Waals surface area contributed by atoms with Gasteiger partial charge < -0.3 is 4.90 Å². The van der Waals surface area contributed by atoms with Crippen molar-refractivity contribution in [1.82, 2.24) is 9.97 Å². The van der Waals surface area contributed by atoms with Crippen molar-refractivity contribution in [3.8, 4) is 11.3 Å². The lowest BCUT2D eigenvalue weighted by Crippen LogP contribution is -2.17. The first kappa shape index (κ1) is 20.8. The maximum atomic E-state index is 13.4. The minimum absolute atomic E-state index is 0.0429. The molecule has 0 aliphatic heterocycles. The molecular formula is C20H18F3N3O2S. The molecule has 0 bridgehead atoms. The Kier molecular flexibility index (Phi) is 5.36. The molecule has 0 amide bonds.